The van der Waals surface area contributed by atoms with Crippen LogP contribution in [-0.2, 0) is 14.1 Å². The van der Waals surface area contributed by atoms with E-state index >= 15 is 0 Å². The molecule has 120 valence electrons. The quantitative estimate of drug-likeness (QED) is 0.715. The average Bonchev–Trinajstić information content (AvgIpc) is 2.95. The second-order valence-electron chi connectivity index (χ2n) is 5.34. The van der Waals surface area contributed by atoms with Crippen molar-refractivity contribution in [2.75, 3.05) is 0 Å². The van der Waals surface area contributed by atoms with Crippen molar-refractivity contribution in [2.24, 2.45) is 14.1 Å². The molecule has 8 heteroatoms. The van der Waals surface area contributed by atoms with Gasteiger partial charge in [-0.1, -0.05) is 6.07 Å². The van der Waals surface area contributed by atoms with E-state index in [1.54, 1.807) is 6.92 Å². The molecule has 0 saturated carbocycles. The number of aryl methyl sites for hydroxylation is 1. The van der Waals surface area contributed by atoms with Crippen molar-refractivity contribution >= 4 is 11.2 Å². The molecule has 0 amide bonds. The van der Waals surface area contributed by atoms with Gasteiger partial charge in [0.25, 0.3) is 5.56 Å². The minimum Gasteiger partial charge on any atom is -0.317 e. The fraction of sp³-hybridized carbons (Fsp3) is 0.267. The first-order valence-electron chi connectivity index (χ1n) is 6.91. The Balaban J connectivity index is 2.34. The van der Waals surface area contributed by atoms with Crippen LogP contribution in [0.1, 0.15) is 18.5 Å². The minimum atomic E-state index is -0.800. The van der Waals surface area contributed by atoms with Gasteiger partial charge in [-0.2, -0.15) is 0 Å². The Hall–Kier alpha value is -2.77. The highest BCUT2D eigenvalue weighted by molar-refractivity contribution is 5.70. The van der Waals surface area contributed by atoms with Gasteiger partial charge in [-0.25, -0.2) is 18.6 Å². The molecular formula is C15H14F2N4O2. The molecule has 3 rings (SSSR count). The van der Waals surface area contributed by atoms with Crippen molar-refractivity contribution < 1.29 is 8.78 Å². The molecule has 0 radical (unpaired) electrons. The molecule has 2 heterocycles. The predicted octanol–water partition coefficient (Wildman–Crippen LogP) is 1.32. The van der Waals surface area contributed by atoms with Gasteiger partial charge in [-0.05, 0) is 19.1 Å². The molecule has 1 aromatic carbocycles. The highest BCUT2D eigenvalue weighted by atomic mass is 19.1. The summed E-state index contributed by atoms with van der Waals surface area (Å²) in [6.07, 6.45) is 1.31. The van der Waals surface area contributed by atoms with E-state index in [1.165, 1.54) is 35.6 Å². The molecule has 0 N–H and O–H groups in total. The van der Waals surface area contributed by atoms with Crippen LogP contribution in [0.25, 0.3) is 11.2 Å². The van der Waals surface area contributed by atoms with Gasteiger partial charge in [0, 0.05) is 19.7 Å². The van der Waals surface area contributed by atoms with E-state index in [1.807, 2.05) is 0 Å². The van der Waals surface area contributed by atoms with Gasteiger partial charge in [-0.3, -0.25) is 13.9 Å². The summed E-state index contributed by atoms with van der Waals surface area (Å²) in [6, 6.07) is 2.78. The molecule has 0 aliphatic carbocycles. The summed E-state index contributed by atoms with van der Waals surface area (Å²) in [6.45, 7) is 1.56. The average molecular weight is 320 g/mol. The maximum atomic E-state index is 14.0. The van der Waals surface area contributed by atoms with Crippen LogP contribution in [-0.4, -0.2) is 18.7 Å². The smallest absolute Gasteiger partial charge is 0.317 e. The molecule has 3 aromatic rings. The highest BCUT2D eigenvalue weighted by Crippen LogP contribution is 2.25. The largest absolute Gasteiger partial charge is 0.332 e. The predicted molar refractivity (Wildman–Crippen MR) is 80.4 cm³/mol. The highest BCUT2D eigenvalue weighted by Gasteiger charge is 2.22. The zero-order valence-electron chi connectivity index (χ0n) is 12.7. The summed E-state index contributed by atoms with van der Waals surface area (Å²) in [5, 5.41) is 0. The number of imidazole rings is 1. The number of hydrogen-bond donors (Lipinski definition) is 0. The normalized spacial score (nSPS) is 12.7. The second kappa shape index (κ2) is 5.15. The van der Waals surface area contributed by atoms with Crippen LogP contribution in [0.4, 0.5) is 8.78 Å². The maximum absolute atomic E-state index is 14.0. The van der Waals surface area contributed by atoms with Crippen LogP contribution in [0.3, 0.4) is 0 Å². The van der Waals surface area contributed by atoms with Gasteiger partial charge in [0.2, 0.25) is 0 Å². The van der Waals surface area contributed by atoms with Gasteiger partial charge in [0.15, 0.2) is 11.2 Å². The Morgan fingerprint density at radius 3 is 2.30 bits per heavy atom. The van der Waals surface area contributed by atoms with Crippen molar-refractivity contribution in [3.05, 3.63) is 62.6 Å². The fourth-order valence-corrected chi connectivity index (χ4v) is 2.71. The number of halogens is 2. The molecule has 0 unspecified atom stereocenters. The van der Waals surface area contributed by atoms with Crippen LogP contribution >= 0.6 is 0 Å². The Bertz CT molecular complexity index is 1010. The molecule has 6 nitrogen and oxygen atoms in total. The number of rotatable bonds is 2. The van der Waals surface area contributed by atoms with Crippen LogP contribution in [0.2, 0.25) is 0 Å². The Morgan fingerprint density at radius 2 is 1.70 bits per heavy atom. The summed E-state index contributed by atoms with van der Waals surface area (Å²) in [7, 11) is 2.82. The molecule has 1 atom stereocenters. The Labute approximate surface area is 129 Å². The van der Waals surface area contributed by atoms with E-state index in [-0.39, 0.29) is 16.7 Å². The van der Waals surface area contributed by atoms with Gasteiger partial charge in [0.1, 0.15) is 11.6 Å². The molecule has 0 saturated heterocycles. The maximum Gasteiger partial charge on any atom is 0.332 e. The van der Waals surface area contributed by atoms with Crippen molar-refractivity contribution in [2.45, 2.75) is 13.0 Å². The molecule has 0 aliphatic heterocycles. The SMILES string of the molecule is C[C@@H](c1c(F)cccc1F)n1cnc2c1c(=O)n(C)c(=O)n2C. The van der Waals surface area contributed by atoms with E-state index in [0.29, 0.717) is 0 Å². The van der Waals surface area contributed by atoms with Gasteiger partial charge >= 0.3 is 5.69 Å². The lowest BCUT2D eigenvalue weighted by Crippen LogP contribution is -2.37. The second-order valence-corrected chi connectivity index (χ2v) is 5.34. The molecule has 2 aromatic heterocycles. The lowest BCUT2D eigenvalue weighted by molar-refractivity contribution is 0.510. The monoisotopic (exact) mass is 320 g/mol. The Kier molecular flexibility index (Phi) is 3.39. The first kappa shape index (κ1) is 15.1. The number of hydrogen-bond acceptors (Lipinski definition) is 3. The third-order valence-corrected chi connectivity index (χ3v) is 4.01. The number of aromatic nitrogens is 4. The summed E-state index contributed by atoms with van der Waals surface area (Å²) < 4.78 is 31.5. The summed E-state index contributed by atoms with van der Waals surface area (Å²) >= 11 is 0. The first-order chi connectivity index (χ1) is 10.8. The zero-order valence-corrected chi connectivity index (χ0v) is 12.7. The molecule has 0 aliphatic rings. The summed E-state index contributed by atoms with van der Waals surface area (Å²) in [5.74, 6) is -1.41. The minimum absolute atomic E-state index is 0.116. The molecule has 0 fully saturated rings. The van der Waals surface area contributed by atoms with Crippen molar-refractivity contribution in [3.8, 4) is 0 Å². The van der Waals surface area contributed by atoms with Crippen LogP contribution in [0, 0.1) is 11.6 Å². The topological polar surface area (TPSA) is 61.8 Å². The Morgan fingerprint density at radius 1 is 1.09 bits per heavy atom. The zero-order chi connectivity index (χ0) is 16.9. The third-order valence-electron chi connectivity index (χ3n) is 4.01. The van der Waals surface area contributed by atoms with E-state index in [9.17, 15) is 18.4 Å². The van der Waals surface area contributed by atoms with E-state index in [4.69, 9.17) is 0 Å². The molecular weight excluding hydrogens is 306 g/mol. The van der Waals surface area contributed by atoms with Crippen LogP contribution in [0.15, 0.2) is 34.1 Å². The number of benzene rings is 1. The summed E-state index contributed by atoms with van der Waals surface area (Å²) in [5.41, 5.74) is -0.962. The molecule has 0 spiro atoms. The lowest BCUT2D eigenvalue weighted by atomic mass is 10.1. The van der Waals surface area contributed by atoms with Crippen LogP contribution in [0.5, 0.6) is 0 Å². The van der Waals surface area contributed by atoms with Crippen LogP contribution < -0.4 is 11.2 Å². The van der Waals surface area contributed by atoms with Gasteiger partial charge in [-0.15, -0.1) is 0 Å². The molecule has 0 bridgehead atoms. The third kappa shape index (κ3) is 2.09. The van der Waals surface area contributed by atoms with Crippen molar-refractivity contribution in [1.29, 1.82) is 0 Å². The van der Waals surface area contributed by atoms with Crippen molar-refractivity contribution in [1.82, 2.24) is 18.7 Å². The summed E-state index contributed by atoms with van der Waals surface area (Å²) in [4.78, 5) is 28.4. The van der Waals surface area contributed by atoms with E-state index < -0.39 is 28.9 Å². The van der Waals surface area contributed by atoms with Gasteiger partial charge < -0.3 is 4.57 Å². The molecule has 23 heavy (non-hydrogen) atoms. The fourth-order valence-electron chi connectivity index (χ4n) is 2.71. The van der Waals surface area contributed by atoms with E-state index in [0.717, 1.165) is 16.7 Å². The standard InChI is InChI=1S/C15H14F2N4O2/c1-8(11-9(16)5-4-6-10(11)17)21-7-18-13-12(21)14(22)20(3)15(23)19(13)2/h4-8H,1-3H3/t8-/m0/s1. The first-order valence-corrected chi connectivity index (χ1v) is 6.91. The lowest BCUT2D eigenvalue weighted by Gasteiger charge is -2.16. The number of fused-ring (bicyclic) bond motifs is 1. The number of nitrogens with zero attached hydrogens (tertiary/aromatic N) is 4. The van der Waals surface area contributed by atoms with Gasteiger partial charge in [0.05, 0.1) is 12.4 Å². The van der Waals surface area contributed by atoms with Crippen molar-refractivity contribution in [3.63, 3.8) is 0 Å². The van der Waals surface area contributed by atoms with E-state index in [2.05, 4.69) is 4.98 Å².